The van der Waals surface area contributed by atoms with Crippen LogP contribution in [0.15, 0.2) is 28.8 Å². The molecule has 0 aliphatic carbocycles. The standard InChI is InChI=1S/C12H8N4OS/c1-7-15-10-4-8(2-3-11(10)17-7)16-12-14-6-9(5-13)18-12/h2-4,6H,1H3,(H,14,16). The maximum Gasteiger partial charge on any atom is 0.192 e. The molecule has 0 amide bonds. The van der Waals surface area contributed by atoms with E-state index in [1.165, 1.54) is 11.3 Å². The molecule has 3 rings (SSSR count). The van der Waals surface area contributed by atoms with Crippen LogP contribution in [0.3, 0.4) is 0 Å². The zero-order valence-electron chi connectivity index (χ0n) is 9.47. The van der Waals surface area contributed by atoms with Crippen LogP contribution in [-0.2, 0) is 0 Å². The molecule has 0 aliphatic rings. The van der Waals surface area contributed by atoms with Gasteiger partial charge in [0.1, 0.15) is 16.5 Å². The SMILES string of the molecule is Cc1nc2cc(Nc3ncc(C#N)s3)ccc2o1. The van der Waals surface area contributed by atoms with Crippen LogP contribution in [0.5, 0.6) is 0 Å². The number of aromatic nitrogens is 2. The molecule has 2 heterocycles. The molecule has 0 saturated carbocycles. The van der Waals surface area contributed by atoms with Gasteiger partial charge in [0, 0.05) is 12.6 Å². The van der Waals surface area contributed by atoms with Gasteiger partial charge < -0.3 is 9.73 Å². The number of rotatable bonds is 2. The second-order valence-electron chi connectivity index (χ2n) is 3.68. The van der Waals surface area contributed by atoms with Crippen LogP contribution in [0.1, 0.15) is 10.8 Å². The molecule has 0 unspecified atom stereocenters. The molecule has 0 saturated heterocycles. The largest absolute Gasteiger partial charge is 0.441 e. The normalized spacial score (nSPS) is 10.4. The summed E-state index contributed by atoms with van der Waals surface area (Å²) in [7, 11) is 0. The number of hydrogen-bond donors (Lipinski definition) is 1. The number of fused-ring (bicyclic) bond motifs is 1. The Morgan fingerprint density at radius 2 is 2.33 bits per heavy atom. The number of benzene rings is 1. The van der Waals surface area contributed by atoms with Crippen molar-refractivity contribution < 1.29 is 4.42 Å². The van der Waals surface area contributed by atoms with Crippen LogP contribution in [0.2, 0.25) is 0 Å². The van der Waals surface area contributed by atoms with E-state index in [2.05, 4.69) is 21.4 Å². The van der Waals surface area contributed by atoms with E-state index in [9.17, 15) is 0 Å². The van der Waals surface area contributed by atoms with Gasteiger partial charge in [0.05, 0.1) is 6.20 Å². The minimum atomic E-state index is 0.579. The lowest BCUT2D eigenvalue weighted by atomic mass is 10.3. The first-order chi connectivity index (χ1) is 8.74. The molecule has 2 aromatic heterocycles. The number of aryl methyl sites for hydroxylation is 1. The highest BCUT2D eigenvalue weighted by Crippen LogP contribution is 2.25. The number of thiazole rings is 1. The van der Waals surface area contributed by atoms with Gasteiger partial charge in [0.25, 0.3) is 0 Å². The molecule has 0 bridgehead atoms. The van der Waals surface area contributed by atoms with E-state index in [0.717, 1.165) is 16.8 Å². The van der Waals surface area contributed by atoms with E-state index in [4.69, 9.17) is 9.68 Å². The van der Waals surface area contributed by atoms with E-state index in [-0.39, 0.29) is 0 Å². The number of nitriles is 1. The van der Waals surface area contributed by atoms with Crippen LogP contribution in [0.25, 0.3) is 11.1 Å². The first-order valence-corrected chi connectivity index (χ1v) is 6.06. The third-order valence-electron chi connectivity index (χ3n) is 2.36. The Hall–Kier alpha value is -2.39. The van der Waals surface area contributed by atoms with E-state index in [0.29, 0.717) is 15.9 Å². The molecule has 0 atom stereocenters. The van der Waals surface area contributed by atoms with Crippen LogP contribution >= 0.6 is 11.3 Å². The number of nitrogens with zero attached hydrogens (tertiary/aromatic N) is 3. The molecule has 5 nitrogen and oxygen atoms in total. The Morgan fingerprint density at radius 1 is 1.44 bits per heavy atom. The van der Waals surface area contributed by atoms with Gasteiger partial charge in [-0.05, 0) is 18.2 Å². The summed E-state index contributed by atoms with van der Waals surface area (Å²) in [5.74, 6) is 0.642. The summed E-state index contributed by atoms with van der Waals surface area (Å²) in [6.07, 6.45) is 1.55. The van der Waals surface area contributed by atoms with Crippen LogP contribution in [0.4, 0.5) is 10.8 Å². The van der Waals surface area contributed by atoms with E-state index in [1.54, 1.807) is 6.20 Å². The van der Waals surface area contributed by atoms with Crippen molar-refractivity contribution in [3.63, 3.8) is 0 Å². The zero-order valence-corrected chi connectivity index (χ0v) is 10.3. The predicted octanol–water partition coefficient (Wildman–Crippen LogP) is 3.21. The fourth-order valence-corrected chi connectivity index (χ4v) is 2.26. The van der Waals surface area contributed by atoms with Crippen molar-refractivity contribution >= 4 is 33.3 Å². The van der Waals surface area contributed by atoms with Crippen molar-refractivity contribution in [2.45, 2.75) is 6.92 Å². The van der Waals surface area contributed by atoms with Gasteiger partial charge in [-0.25, -0.2) is 9.97 Å². The maximum absolute atomic E-state index is 8.73. The Morgan fingerprint density at radius 3 is 3.11 bits per heavy atom. The smallest absolute Gasteiger partial charge is 0.192 e. The average molecular weight is 256 g/mol. The first kappa shape index (κ1) is 10.7. The molecule has 1 N–H and O–H groups in total. The van der Waals surface area contributed by atoms with Crippen LogP contribution in [0, 0.1) is 18.3 Å². The fourth-order valence-electron chi connectivity index (χ4n) is 1.63. The lowest BCUT2D eigenvalue weighted by molar-refractivity contribution is 0.561. The number of hydrogen-bond acceptors (Lipinski definition) is 6. The summed E-state index contributed by atoms with van der Waals surface area (Å²) < 4.78 is 5.40. The first-order valence-electron chi connectivity index (χ1n) is 5.25. The van der Waals surface area contributed by atoms with Gasteiger partial charge in [-0.3, -0.25) is 0 Å². The second-order valence-corrected chi connectivity index (χ2v) is 4.71. The van der Waals surface area contributed by atoms with Gasteiger partial charge >= 0.3 is 0 Å². The quantitative estimate of drug-likeness (QED) is 0.762. The van der Waals surface area contributed by atoms with E-state index >= 15 is 0 Å². The molecule has 0 radical (unpaired) electrons. The van der Waals surface area contributed by atoms with Crippen LogP contribution in [-0.4, -0.2) is 9.97 Å². The molecule has 0 spiro atoms. The summed E-state index contributed by atoms with van der Waals surface area (Å²) in [6.45, 7) is 1.81. The fraction of sp³-hybridized carbons (Fsp3) is 0.0833. The van der Waals surface area contributed by atoms with Crippen LogP contribution < -0.4 is 5.32 Å². The molecular weight excluding hydrogens is 248 g/mol. The minimum Gasteiger partial charge on any atom is -0.441 e. The van der Waals surface area contributed by atoms with Gasteiger partial charge in [-0.1, -0.05) is 11.3 Å². The Labute approximate surface area is 107 Å². The summed E-state index contributed by atoms with van der Waals surface area (Å²) in [4.78, 5) is 8.95. The van der Waals surface area contributed by atoms with Gasteiger partial charge in [0.2, 0.25) is 0 Å². The summed E-state index contributed by atoms with van der Waals surface area (Å²) >= 11 is 1.31. The highest BCUT2D eigenvalue weighted by Gasteiger charge is 2.05. The third-order valence-corrected chi connectivity index (χ3v) is 3.18. The zero-order chi connectivity index (χ0) is 12.5. The molecule has 18 heavy (non-hydrogen) atoms. The average Bonchev–Trinajstić information content (AvgIpc) is 2.94. The van der Waals surface area contributed by atoms with Gasteiger partial charge in [-0.2, -0.15) is 5.26 Å². The molecule has 6 heteroatoms. The molecule has 3 aromatic rings. The van der Waals surface area contributed by atoms with Crippen molar-refractivity contribution in [1.29, 1.82) is 5.26 Å². The lowest BCUT2D eigenvalue weighted by Gasteiger charge is -2.00. The molecule has 0 fully saturated rings. The number of anilines is 2. The van der Waals surface area contributed by atoms with Crippen molar-refractivity contribution in [2.75, 3.05) is 5.32 Å². The maximum atomic E-state index is 8.73. The van der Waals surface area contributed by atoms with Gasteiger partial charge in [-0.15, -0.1) is 0 Å². The highest BCUT2D eigenvalue weighted by molar-refractivity contribution is 7.16. The molecule has 0 aliphatic heterocycles. The molecule has 88 valence electrons. The predicted molar refractivity (Wildman–Crippen MR) is 68.9 cm³/mol. The Bertz CT molecular complexity index is 753. The third kappa shape index (κ3) is 1.92. The second kappa shape index (κ2) is 4.13. The number of nitrogens with one attached hydrogen (secondary N) is 1. The monoisotopic (exact) mass is 256 g/mol. The minimum absolute atomic E-state index is 0.579. The highest BCUT2D eigenvalue weighted by atomic mass is 32.1. The topological polar surface area (TPSA) is 74.7 Å². The molecule has 1 aromatic carbocycles. The van der Waals surface area contributed by atoms with Gasteiger partial charge in [0.15, 0.2) is 16.6 Å². The number of oxazole rings is 1. The summed E-state index contributed by atoms with van der Waals surface area (Å²) in [6, 6.07) is 7.69. The summed E-state index contributed by atoms with van der Waals surface area (Å²) in [5.41, 5.74) is 2.43. The van der Waals surface area contributed by atoms with Crippen molar-refractivity contribution in [3.05, 3.63) is 35.2 Å². The lowest BCUT2D eigenvalue weighted by Crippen LogP contribution is -1.88. The van der Waals surface area contributed by atoms with Crippen molar-refractivity contribution in [1.82, 2.24) is 9.97 Å². The van der Waals surface area contributed by atoms with Crippen molar-refractivity contribution in [3.8, 4) is 6.07 Å². The molecular formula is C12H8N4OS. The van der Waals surface area contributed by atoms with Crippen molar-refractivity contribution in [2.24, 2.45) is 0 Å². The Kier molecular flexibility index (Phi) is 2.46. The van der Waals surface area contributed by atoms with E-state index in [1.807, 2.05) is 25.1 Å². The Balaban J connectivity index is 1.92. The summed E-state index contributed by atoms with van der Waals surface area (Å²) in [5, 5.41) is 12.6. The van der Waals surface area contributed by atoms with E-state index < -0.39 is 0 Å².